The molecule has 36 heavy (non-hydrogen) atoms. The Morgan fingerprint density at radius 1 is 1.08 bits per heavy atom. The first-order chi connectivity index (χ1) is 16.7. The number of hydrogen-bond acceptors (Lipinski definition) is 6. The minimum absolute atomic E-state index is 0.0441. The van der Waals surface area contributed by atoms with Crippen LogP contribution in [0.2, 0.25) is 0 Å². The lowest BCUT2D eigenvalue weighted by molar-refractivity contribution is -0.249. The van der Waals surface area contributed by atoms with E-state index in [-0.39, 0.29) is 23.9 Å². The minimum atomic E-state index is -0.974. The summed E-state index contributed by atoms with van der Waals surface area (Å²) in [5.74, 6) is 5.17. The number of carbonyl (C=O) groups is 1. The summed E-state index contributed by atoms with van der Waals surface area (Å²) in [6.45, 7) is 16.5. The zero-order valence-corrected chi connectivity index (χ0v) is 23.9. The second-order valence-electron chi connectivity index (χ2n) is 11.5. The van der Waals surface area contributed by atoms with Gasteiger partial charge in [0, 0.05) is 31.5 Å². The molecule has 6 nitrogen and oxygen atoms in total. The molecule has 0 amide bonds. The van der Waals surface area contributed by atoms with Crippen LogP contribution in [0, 0.1) is 29.1 Å². The average Bonchev–Trinajstić information content (AvgIpc) is 2.80. The quantitative estimate of drug-likeness (QED) is 0.215. The van der Waals surface area contributed by atoms with E-state index in [1.807, 2.05) is 45.9 Å². The summed E-state index contributed by atoms with van der Waals surface area (Å²) in [4.78, 5) is 13.3. The van der Waals surface area contributed by atoms with Crippen LogP contribution in [0.3, 0.4) is 0 Å². The first-order valence-electron chi connectivity index (χ1n) is 12.9. The van der Waals surface area contributed by atoms with E-state index >= 15 is 0 Å². The lowest BCUT2D eigenvalue weighted by Crippen LogP contribution is -2.58. The topological polar surface area (TPSA) is 63.2 Å². The van der Waals surface area contributed by atoms with Crippen molar-refractivity contribution in [3.8, 4) is 11.8 Å². The summed E-state index contributed by atoms with van der Waals surface area (Å²) >= 11 is 0. The van der Waals surface area contributed by atoms with Gasteiger partial charge >= 0.3 is 5.97 Å². The van der Waals surface area contributed by atoms with E-state index in [9.17, 15) is 4.79 Å². The van der Waals surface area contributed by atoms with Gasteiger partial charge < -0.3 is 23.7 Å². The molecule has 0 N–H and O–H groups in total. The first kappa shape index (κ1) is 30.3. The van der Waals surface area contributed by atoms with Crippen molar-refractivity contribution in [1.82, 2.24) is 0 Å². The number of benzene rings is 1. The number of rotatable bonds is 10. The van der Waals surface area contributed by atoms with E-state index in [0.717, 1.165) is 6.42 Å². The predicted octanol–water partition coefficient (Wildman–Crippen LogP) is 6.23. The van der Waals surface area contributed by atoms with Gasteiger partial charge in [-0.1, -0.05) is 57.7 Å². The Labute approximate surface area is 218 Å². The van der Waals surface area contributed by atoms with Crippen LogP contribution < -0.4 is 0 Å². The molecule has 1 aliphatic rings. The minimum Gasteiger partial charge on any atom is -0.441 e. The number of ether oxygens (including phenoxy) is 5. The molecule has 6 heteroatoms. The fourth-order valence-corrected chi connectivity index (χ4v) is 4.75. The van der Waals surface area contributed by atoms with E-state index in [1.165, 1.54) is 0 Å². The molecule has 0 radical (unpaired) electrons. The van der Waals surface area contributed by atoms with Crippen LogP contribution in [0.15, 0.2) is 30.3 Å². The second-order valence-corrected chi connectivity index (χ2v) is 11.5. The van der Waals surface area contributed by atoms with Gasteiger partial charge in [0.05, 0.1) is 18.3 Å². The Bertz CT molecular complexity index is 910. The molecule has 1 unspecified atom stereocenters. The molecule has 0 bridgehead atoms. The maximum absolute atomic E-state index is 13.3. The first-order valence-corrected chi connectivity index (χ1v) is 12.9. The molecule has 1 fully saturated rings. The van der Waals surface area contributed by atoms with Gasteiger partial charge in [-0.2, -0.15) is 0 Å². The molecule has 0 saturated heterocycles. The van der Waals surface area contributed by atoms with Gasteiger partial charge in [-0.15, -0.1) is 0 Å². The van der Waals surface area contributed by atoms with Crippen molar-refractivity contribution < 1.29 is 28.5 Å². The molecule has 1 saturated carbocycles. The summed E-state index contributed by atoms with van der Waals surface area (Å²) in [5.41, 5.74) is -0.924. The molecular formula is C30H46O6. The van der Waals surface area contributed by atoms with Crippen molar-refractivity contribution in [2.75, 3.05) is 20.8 Å². The zero-order chi connectivity index (χ0) is 27.2. The second kappa shape index (κ2) is 12.1. The monoisotopic (exact) mass is 502 g/mol. The number of carbonyl (C=O) groups excluding carboxylic acids is 1. The molecule has 2 rings (SSSR count). The molecule has 1 aromatic carbocycles. The highest BCUT2D eigenvalue weighted by Gasteiger charge is 2.56. The molecule has 0 heterocycles. The van der Waals surface area contributed by atoms with E-state index in [0.29, 0.717) is 25.0 Å². The lowest BCUT2D eigenvalue weighted by atomic mass is 9.59. The van der Waals surface area contributed by atoms with Gasteiger partial charge in [-0.25, -0.2) is 4.79 Å². The van der Waals surface area contributed by atoms with Crippen molar-refractivity contribution in [3.05, 3.63) is 35.9 Å². The fourth-order valence-electron chi connectivity index (χ4n) is 4.75. The van der Waals surface area contributed by atoms with Crippen LogP contribution in [0.5, 0.6) is 0 Å². The SMILES string of the molecule is COC(C)(C)OCCC(C)C#C[C@]1(OC(=O)c2ccccc2)[C@H](C)C[C@@H](OC(C)(C)OC)CC1(C)C. The van der Waals surface area contributed by atoms with Crippen molar-refractivity contribution in [2.24, 2.45) is 17.3 Å². The van der Waals surface area contributed by atoms with Gasteiger partial charge in [0.25, 0.3) is 0 Å². The Morgan fingerprint density at radius 2 is 1.69 bits per heavy atom. The van der Waals surface area contributed by atoms with Gasteiger partial charge in [-0.3, -0.25) is 0 Å². The van der Waals surface area contributed by atoms with Crippen LogP contribution in [0.4, 0.5) is 0 Å². The summed E-state index contributed by atoms with van der Waals surface area (Å²) < 4.78 is 29.3. The highest BCUT2D eigenvalue weighted by Crippen LogP contribution is 2.51. The van der Waals surface area contributed by atoms with Crippen molar-refractivity contribution in [3.63, 3.8) is 0 Å². The van der Waals surface area contributed by atoms with Gasteiger partial charge in [0.15, 0.2) is 17.2 Å². The predicted molar refractivity (Wildman–Crippen MR) is 141 cm³/mol. The number of methoxy groups -OCH3 is 2. The van der Waals surface area contributed by atoms with Gasteiger partial charge in [-0.05, 0) is 59.1 Å². The largest absolute Gasteiger partial charge is 0.441 e. The standard InChI is InChI=1S/C30H46O6/c1-22(17-19-34-28(5,6)32-9)16-18-30(36-26(31)24-14-12-11-13-15-24)23(2)20-25(21-27(30,3)4)35-29(7,8)33-10/h11-15,22-23,25H,17,19-21H2,1-10H3/t22?,23-,25-,30+/m1/s1. The Balaban J connectivity index is 2.34. The smallest absolute Gasteiger partial charge is 0.339 e. The van der Waals surface area contributed by atoms with Crippen LogP contribution >= 0.6 is 0 Å². The third-order valence-electron chi connectivity index (χ3n) is 7.26. The average molecular weight is 503 g/mol. The maximum Gasteiger partial charge on any atom is 0.339 e. The van der Waals surface area contributed by atoms with Gasteiger partial charge in [0.1, 0.15) is 0 Å². The summed E-state index contributed by atoms with van der Waals surface area (Å²) in [7, 11) is 3.28. The molecule has 1 aromatic rings. The Hall–Kier alpha value is -1.91. The van der Waals surface area contributed by atoms with Crippen LogP contribution in [-0.2, 0) is 23.7 Å². The van der Waals surface area contributed by atoms with Crippen molar-refractivity contribution in [1.29, 1.82) is 0 Å². The van der Waals surface area contributed by atoms with Crippen molar-refractivity contribution >= 4 is 5.97 Å². The summed E-state index contributed by atoms with van der Waals surface area (Å²) in [5, 5.41) is 0. The van der Waals surface area contributed by atoms with E-state index < -0.39 is 22.6 Å². The number of esters is 1. The molecular weight excluding hydrogens is 456 g/mol. The van der Waals surface area contributed by atoms with Crippen LogP contribution in [-0.4, -0.2) is 50.1 Å². The highest BCUT2D eigenvalue weighted by molar-refractivity contribution is 5.89. The van der Waals surface area contributed by atoms with Gasteiger partial charge in [0.2, 0.25) is 0 Å². The van der Waals surface area contributed by atoms with Crippen LogP contribution in [0.1, 0.15) is 85.0 Å². The van der Waals surface area contributed by atoms with Crippen molar-refractivity contribution in [2.45, 2.75) is 97.9 Å². The number of hydrogen-bond donors (Lipinski definition) is 0. The van der Waals surface area contributed by atoms with E-state index in [1.54, 1.807) is 26.4 Å². The fraction of sp³-hybridized carbons (Fsp3) is 0.700. The third kappa shape index (κ3) is 7.79. The highest BCUT2D eigenvalue weighted by atomic mass is 16.7. The molecule has 202 valence electrons. The summed E-state index contributed by atoms with van der Waals surface area (Å²) in [6.07, 6.45) is 2.08. The molecule has 0 aliphatic heterocycles. The summed E-state index contributed by atoms with van der Waals surface area (Å²) in [6, 6.07) is 9.10. The zero-order valence-electron chi connectivity index (χ0n) is 23.9. The molecule has 1 aliphatic carbocycles. The van der Waals surface area contributed by atoms with E-state index in [4.69, 9.17) is 23.7 Å². The normalized spacial score (nSPS) is 24.9. The van der Waals surface area contributed by atoms with Crippen LogP contribution in [0.25, 0.3) is 0 Å². The lowest BCUT2D eigenvalue weighted by Gasteiger charge is -2.52. The Morgan fingerprint density at radius 3 is 2.25 bits per heavy atom. The molecule has 0 spiro atoms. The third-order valence-corrected chi connectivity index (χ3v) is 7.26. The maximum atomic E-state index is 13.3. The Kier molecular flexibility index (Phi) is 10.2. The molecule has 0 aromatic heterocycles. The molecule has 4 atom stereocenters. The van der Waals surface area contributed by atoms with E-state index in [2.05, 4.69) is 39.5 Å².